The van der Waals surface area contributed by atoms with E-state index in [0.29, 0.717) is 16.6 Å². The van der Waals surface area contributed by atoms with Crippen LogP contribution in [0.15, 0.2) is 176 Å². The van der Waals surface area contributed by atoms with Gasteiger partial charge in [0.05, 0.1) is 31.3 Å². The first-order valence-corrected chi connectivity index (χ1v) is 20.0. The number of fused-ring (bicyclic) bond motifs is 2. The maximum atomic E-state index is 12.6. The van der Waals surface area contributed by atoms with Crippen molar-refractivity contribution in [2.45, 2.75) is 32.7 Å². The highest BCUT2D eigenvalue weighted by atomic mass is 32.2. The molecule has 0 atom stereocenters. The van der Waals surface area contributed by atoms with Crippen molar-refractivity contribution in [2.75, 3.05) is 0 Å². The average molecular weight is 785 g/mol. The van der Waals surface area contributed by atoms with Gasteiger partial charge in [-0.3, -0.25) is 19.7 Å². The highest BCUT2D eigenvalue weighted by molar-refractivity contribution is 7.91. The number of nitrogens with one attached hydrogen (secondary N) is 3. The van der Waals surface area contributed by atoms with E-state index in [0.717, 1.165) is 16.6 Å². The topological polar surface area (TPSA) is 194 Å². The molecule has 0 radical (unpaired) electrons. The largest absolute Gasteiger partial charge is 0.449 e. The third-order valence-corrected chi connectivity index (χ3v) is 12.1. The molecule has 0 saturated carbocycles. The Morgan fingerprint density at radius 2 is 1.12 bits per heavy atom. The van der Waals surface area contributed by atoms with Gasteiger partial charge in [-0.25, -0.2) is 21.8 Å². The van der Waals surface area contributed by atoms with Gasteiger partial charge in [-0.1, -0.05) is 60.7 Å². The second-order valence-corrected chi connectivity index (χ2v) is 16.2. The number of nitrogens with zero attached hydrogens (tertiary/aromatic N) is 3. The molecule has 280 valence electrons. The summed E-state index contributed by atoms with van der Waals surface area (Å²) in [5, 5.41) is 12.2. The monoisotopic (exact) mass is 784 g/mol. The summed E-state index contributed by atoms with van der Waals surface area (Å²) in [7, 11) is -7.11. The lowest BCUT2D eigenvalue weighted by Crippen LogP contribution is -2.23. The molecule has 3 N–H and O–H groups in total. The van der Waals surface area contributed by atoms with E-state index >= 15 is 0 Å². The summed E-state index contributed by atoms with van der Waals surface area (Å²) in [6, 6.07) is 37.8. The zero-order valence-electron chi connectivity index (χ0n) is 29.4. The van der Waals surface area contributed by atoms with E-state index in [9.17, 15) is 26.4 Å². The van der Waals surface area contributed by atoms with E-state index < -0.39 is 19.7 Å². The predicted molar refractivity (Wildman–Crippen MR) is 207 cm³/mol. The lowest BCUT2D eigenvalue weighted by molar-refractivity contribution is 0.0923. The van der Waals surface area contributed by atoms with E-state index in [4.69, 9.17) is 4.42 Å². The number of amides is 2. The van der Waals surface area contributed by atoms with Crippen molar-refractivity contribution in [1.29, 1.82) is 0 Å². The molecule has 4 aromatic heterocycles. The molecule has 0 aliphatic heterocycles. The van der Waals surface area contributed by atoms with Gasteiger partial charge in [0.1, 0.15) is 16.7 Å². The van der Waals surface area contributed by atoms with Gasteiger partial charge in [-0.05, 0) is 83.9 Å². The summed E-state index contributed by atoms with van der Waals surface area (Å²) < 4.78 is 55.9. The number of carbonyl (C=O) groups excluding carboxylic acids is 2. The van der Waals surface area contributed by atoms with Crippen LogP contribution in [0.2, 0.25) is 0 Å². The first kappa shape index (κ1) is 37.3. The Kier molecular flexibility index (Phi) is 10.8. The minimum atomic E-state index is -3.55. The Morgan fingerprint density at radius 3 is 1.68 bits per heavy atom. The van der Waals surface area contributed by atoms with Crippen molar-refractivity contribution in [3.05, 3.63) is 175 Å². The van der Waals surface area contributed by atoms with Crippen LogP contribution in [0.3, 0.4) is 0 Å². The van der Waals surface area contributed by atoms with Crippen molar-refractivity contribution in [1.82, 2.24) is 30.8 Å². The van der Waals surface area contributed by atoms with Crippen molar-refractivity contribution in [3.63, 3.8) is 0 Å². The van der Waals surface area contributed by atoms with E-state index in [1.54, 1.807) is 140 Å². The molecule has 0 bridgehead atoms. The Hall–Kier alpha value is -6.97. The van der Waals surface area contributed by atoms with Crippen LogP contribution in [0.5, 0.6) is 0 Å². The second kappa shape index (κ2) is 16.2. The second-order valence-electron chi connectivity index (χ2n) is 12.3. The highest BCUT2D eigenvalue weighted by Gasteiger charge is 2.19. The molecule has 15 heteroatoms. The molecule has 0 unspecified atom stereocenters. The van der Waals surface area contributed by atoms with Gasteiger partial charge >= 0.3 is 0 Å². The molecule has 2 amide bonds. The van der Waals surface area contributed by atoms with Crippen molar-refractivity contribution in [2.24, 2.45) is 0 Å². The van der Waals surface area contributed by atoms with Crippen molar-refractivity contribution >= 4 is 53.6 Å². The summed E-state index contributed by atoms with van der Waals surface area (Å²) in [4.78, 5) is 33.8. The number of furan rings is 1. The SMILES string of the molecule is O=C(NCc1ccc(S(=O)(=O)c2ccccc2)cc1)c1cc2ncccc2o1.O=C(NCc1ccc(S(=O)(=O)c2ccccc2)cc1)c1ccc2[nH]ncc2n1. The first-order chi connectivity index (χ1) is 27.1. The lowest BCUT2D eigenvalue weighted by atomic mass is 10.2. The van der Waals surface area contributed by atoms with Gasteiger partial charge in [-0.15, -0.1) is 0 Å². The molecule has 56 heavy (non-hydrogen) atoms. The number of carbonyl (C=O) groups is 2. The van der Waals surface area contributed by atoms with Crippen molar-refractivity contribution < 1.29 is 30.8 Å². The van der Waals surface area contributed by atoms with Crippen LogP contribution in [0.25, 0.3) is 22.1 Å². The fourth-order valence-electron chi connectivity index (χ4n) is 5.53. The van der Waals surface area contributed by atoms with Crippen molar-refractivity contribution in [3.8, 4) is 0 Å². The predicted octanol–water partition coefficient (Wildman–Crippen LogP) is 6.31. The number of hydrogen-bond donors (Lipinski definition) is 3. The standard InChI is InChI=1S/C21H16N2O4S.C20H16N4O3S/c24-21(20-13-18-19(27-20)7-4-12-22-18)23-14-15-8-10-17(11-9-15)28(25,26)16-5-2-1-3-6-16;25-20(18-11-10-17-19(23-18)13-22-24-17)21-12-14-6-8-16(9-7-14)28(26,27)15-4-2-1-3-5-15/h1-13H,14H2,(H,23,24);1-11,13H,12H2,(H,21,25)(H,22,24). The summed E-state index contributed by atoms with van der Waals surface area (Å²) in [6.45, 7) is 0.505. The van der Waals surface area contributed by atoms with Crippen LogP contribution in [-0.2, 0) is 32.8 Å². The van der Waals surface area contributed by atoms with Gasteiger partial charge < -0.3 is 15.1 Å². The number of benzene rings is 4. The Labute approximate surface area is 321 Å². The normalized spacial score (nSPS) is 11.4. The minimum absolute atomic E-state index is 0.178. The summed E-state index contributed by atoms with van der Waals surface area (Å²) in [6.07, 6.45) is 3.18. The van der Waals surface area contributed by atoms with Crippen LogP contribution in [0.4, 0.5) is 0 Å². The van der Waals surface area contributed by atoms with Gasteiger partial charge in [0.15, 0.2) is 11.3 Å². The summed E-state index contributed by atoms with van der Waals surface area (Å²) in [5.74, 6) is -0.500. The summed E-state index contributed by atoms with van der Waals surface area (Å²) in [5.41, 5.74) is 4.37. The highest BCUT2D eigenvalue weighted by Crippen LogP contribution is 2.23. The van der Waals surface area contributed by atoms with Crippen LogP contribution < -0.4 is 10.6 Å². The van der Waals surface area contributed by atoms with Gasteiger partial charge in [-0.2, -0.15) is 5.10 Å². The Bertz CT molecular complexity index is 2700. The Morgan fingerprint density at radius 1 is 0.589 bits per heavy atom. The fraction of sp³-hybridized carbons (Fsp3) is 0.0488. The summed E-state index contributed by atoms with van der Waals surface area (Å²) >= 11 is 0. The molecule has 13 nitrogen and oxygen atoms in total. The fourth-order valence-corrected chi connectivity index (χ4v) is 8.09. The quantitative estimate of drug-likeness (QED) is 0.141. The maximum Gasteiger partial charge on any atom is 0.287 e. The first-order valence-electron chi connectivity index (χ1n) is 17.1. The number of sulfone groups is 2. The molecule has 0 aliphatic rings. The third-order valence-electron chi connectivity index (χ3n) is 8.52. The zero-order chi connectivity index (χ0) is 39.1. The van der Waals surface area contributed by atoms with Gasteiger partial charge in [0, 0.05) is 25.4 Å². The number of aromatic nitrogens is 4. The zero-order valence-corrected chi connectivity index (χ0v) is 31.0. The van der Waals surface area contributed by atoms with Crippen LogP contribution >= 0.6 is 0 Å². The van der Waals surface area contributed by atoms with E-state index in [1.807, 2.05) is 0 Å². The third kappa shape index (κ3) is 8.38. The van der Waals surface area contributed by atoms with Crippen LogP contribution in [-0.4, -0.2) is 48.8 Å². The molecule has 8 rings (SSSR count). The molecule has 0 saturated heterocycles. The molecule has 0 fully saturated rings. The molecule has 4 aromatic carbocycles. The van der Waals surface area contributed by atoms with E-state index in [1.165, 1.54) is 12.1 Å². The lowest BCUT2D eigenvalue weighted by Gasteiger charge is -2.07. The molecular weight excluding hydrogens is 753 g/mol. The van der Waals surface area contributed by atoms with Crippen LogP contribution in [0.1, 0.15) is 32.2 Å². The molecule has 4 heterocycles. The molecule has 0 aliphatic carbocycles. The smallest absolute Gasteiger partial charge is 0.287 e. The molecule has 8 aromatic rings. The van der Waals surface area contributed by atoms with E-state index in [2.05, 4.69) is 30.8 Å². The Balaban J connectivity index is 0.000000172. The van der Waals surface area contributed by atoms with Crippen LogP contribution in [0, 0.1) is 0 Å². The number of pyridine rings is 2. The van der Waals surface area contributed by atoms with E-state index in [-0.39, 0.29) is 55.9 Å². The van der Waals surface area contributed by atoms with Gasteiger partial charge in [0.25, 0.3) is 11.8 Å². The average Bonchev–Trinajstić information content (AvgIpc) is 3.91. The van der Waals surface area contributed by atoms with Gasteiger partial charge in [0.2, 0.25) is 19.7 Å². The number of aromatic amines is 1. The number of hydrogen-bond acceptors (Lipinski definition) is 10. The molecular formula is C41H32N6O7S2. The molecule has 0 spiro atoms. The number of rotatable bonds is 10. The number of H-pyrrole nitrogens is 1. The minimum Gasteiger partial charge on any atom is -0.449 e. The maximum absolute atomic E-state index is 12.6.